The molecule has 6 rings (SSSR count). The maximum atomic E-state index is 11.5. The molecule has 0 amide bonds. The van der Waals surface area contributed by atoms with E-state index in [1.54, 1.807) is 0 Å². The van der Waals surface area contributed by atoms with E-state index < -0.39 is 5.41 Å². The van der Waals surface area contributed by atoms with Crippen LogP contribution in [0.1, 0.15) is 16.7 Å². The molecule has 0 bridgehead atoms. The first kappa shape index (κ1) is 20.5. The molecule has 34 heavy (non-hydrogen) atoms. The van der Waals surface area contributed by atoms with Gasteiger partial charge in [0.25, 0.3) is 0 Å². The number of allylic oxidation sites excluding steroid dienone is 2. The Morgan fingerprint density at radius 1 is 0.706 bits per heavy atom. The van der Waals surface area contributed by atoms with Crippen molar-refractivity contribution in [1.29, 1.82) is 0 Å². The first-order valence-electron chi connectivity index (χ1n) is 11.2. The van der Waals surface area contributed by atoms with Gasteiger partial charge in [0.15, 0.2) is 0 Å². The quantitative estimate of drug-likeness (QED) is 0.345. The summed E-state index contributed by atoms with van der Waals surface area (Å²) in [5.74, 6) is 0.192. The van der Waals surface area contributed by atoms with Crippen LogP contribution in [0.25, 0.3) is 5.57 Å². The lowest BCUT2D eigenvalue weighted by molar-refractivity contribution is 0.424. The van der Waals surface area contributed by atoms with Gasteiger partial charge in [0.2, 0.25) is 0 Å². The lowest BCUT2D eigenvalue weighted by Gasteiger charge is -2.33. The molecule has 2 aliphatic rings. The van der Waals surface area contributed by atoms with Crippen LogP contribution in [0.3, 0.4) is 0 Å². The summed E-state index contributed by atoms with van der Waals surface area (Å²) in [5, 5.41) is 19.1. The van der Waals surface area contributed by atoms with E-state index in [-0.39, 0.29) is 5.76 Å². The van der Waals surface area contributed by atoms with Gasteiger partial charge < -0.3 is 5.11 Å². The summed E-state index contributed by atoms with van der Waals surface area (Å²) in [6.07, 6.45) is 1.88. The van der Waals surface area contributed by atoms with Crippen molar-refractivity contribution in [3.63, 3.8) is 0 Å². The van der Waals surface area contributed by atoms with Gasteiger partial charge in [-0.25, -0.2) is 5.01 Å². The van der Waals surface area contributed by atoms with Gasteiger partial charge in [0, 0.05) is 5.02 Å². The van der Waals surface area contributed by atoms with Crippen LogP contribution in [0.4, 0.5) is 5.69 Å². The number of nitrogens with zero attached hydrogens (tertiary/aromatic N) is 2. The summed E-state index contributed by atoms with van der Waals surface area (Å²) in [4.78, 5) is 0. The average molecular weight is 461 g/mol. The zero-order chi connectivity index (χ0) is 23.1. The Balaban J connectivity index is 1.70. The Morgan fingerprint density at radius 3 is 1.97 bits per heavy atom. The second-order valence-electron chi connectivity index (χ2n) is 8.38. The van der Waals surface area contributed by atoms with Gasteiger partial charge in [-0.3, -0.25) is 0 Å². The molecule has 4 aromatic rings. The summed E-state index contributed by atoms with van der Waals surface area (Å²) in [6, 6.07) is 38.2. The summed E-state index contributed by atoms with van der Waals surface area (Å²) >= 11 is 6.37. The van der Waals surface area contributed by atoms with Gasteiger partial charge in [-0.15, -0.1) is 0 Å². The van der Waals surface area contributed by atoms with Crippen LogP contribution in [0, 0.1) is 0 Å². The highest BCUT2D eigenvalue weighted by Crippen LogP contribution is 2.57. The number of hydrazone groups is 1. The second kappa shape index (κ2) is 8.05. The fourth-order valence-corrected chi connectivity index (χ4v) is 5.25. The Hall–Kier alpha value is -4.08. The fourth-order valence-electron chi connectivity index (χ4n) is 5.06. The number of fused-ring (bicyclic) bond motifs is 1. The SMILES string of the molecule is OC1=C2N(c3cccc(Cl)c3)N=C(c3ccccc3)C2(c2ccccc2)C(c2ccccc2)=C1. The third kappa shape index (κ3) is 3.01. The van der Waals surface area contributed by atoms with E-state index in [0.717, 1.165) is 33.7 Å². The van der Waals surface area contributed by atoms with Crippen molar-refractivity contribution in [2.24, 2.45) is 5.10 Å². The summed E-state index contributed by atoms with van der Waals surface area (Å²) in [7, 11) is 0. The summed E-state index contributed by atoms with van der Waals surface area (Å²) in [6.45, 7) is 0. The summed E-state index contributed by atoms with van der Waals surface area (Å²) < 4.78 is 0. The predicted molar refractivity (Wildman–Crippen MR) is 139 cm³/mol. The van der Waals surface area contributed by atoms with Crippen LogP contribution in [0.5, 0.6) is 0 Å². The molecule has 1 aliphatic carbocycles. The van der Waals surface area contributed by atoms with Crippen molar-refractivity contribution < 1.29 is 5.11 Å². The zero-order valence-corrected chi connectivity index (χ0v) is 19.0. The average Bonchev–Trinajstić information content (AvgIpc) is 3.40. The lowest BCUT2D eigenvalue weighted by atomic mass is 9.67. The molecule has 1 unspecified atom stereocenters. The molecule has 4 aromatic carbocycles. The van der Waals surface area contributed by atoms with E-state index in [0.29, 0.717) is 10.7 Å². The highest BCUT2D eigenvalue weighted by Gasteiger charge is 2.56. The molecular formula is C30H21ClN2O. The van der Waals surface area contributed by atoms with Crippen LogP contribution in [0.15, 0.2) is 138 Å². The van der Waals surface area contributed by atoms with Crippen molar-refractivity contribution >= 4 is 28.6 Å². The van der Waals surface area contributed by atoms with Crippen molar-refractivity contribution in [3.8, 4) is 0 Å². The van der Waals surface area contributed by atoms with Crippen molar-refractivity contribution in [2.75, 3.05) is 5.01 Å². The minimum atomic E-state index is -0.795. The highest BCUT2D eigenvalue weighted by molar-refractivity contribution is 6.31. The molecular weight excluding hydrogens is 440 g/mol. The molecule has 0 fully saturated rings. The highest BCUT2D eigenvalue weighted by atomic mass is 35.5. The number of halogens is 1. The molecule has 164 valence electrons. The largest absolute Gasteiger partial charge is 0.506 e. The standard InChI is InChI=1S/C30H21ClN2O/c31-24-17-10-18-25(19-24)33-29-27(34)20-26(21-11-4-1-5-12-21)30(29,23-15-8-3-9-16-23)28(32-33)22-13-6-2-7-14-22/h1-20,34H. The van der Waals surface area contributed by atoms with Crippen molar-refractivity contribution in [3.05, 3.63) is 155 Å². The topological polar surface area (TPSA) is 35.8 Å². The van der Waals surface area contributed by atoms with E-state index in [2.05, 4.69) is 36.4 Å². The molecule has 1 N–H and O–H groups in total. The maximum Gasteiger partial charge on any atom is 0.139 e. The van der Waals surface area contributed by atoms with Gasteiger partial charge >= 0.3 is 0 Å². The van der Waals surface area contributed by atoms with Gasteiger partial charge in [-0.05, 0) is 46.5 Å². The molecule has 0 saturated heterocycles. The maximum absolute atomic E-state index is 11.5. The number of benzene rings is 4. The zero-order valence-electron chi connectivity index (χ0n) is 18.3. The van der Waals surface area contributed by atoms with Gasteiger partial charge in [0.1, 0.15) is 16.9 Å². The van der Waals surface area contributed by atoms with Gasteiger partial charge in [-0.2, -0.15) is 5.10 Å². The van der Waals surface area contributed by atoms with Crippen molar-refractivity contribution in [1.82, 2.24) is 0 Å². The molecule has 3 nitrogen and oxygen atoms in total. The molecule has 0 radical (unpaired) electrons. The van der Waals surface area contributed by atoms with Crippen molar-refractivity contribution in [2.45, 2.75) is 5.41 Å². The van der Waals surface area contributed by atoms with Crippen LogP contribution >= 0.6 is 11.6 Å². The Bertz CT molecular complexity index is 1460. The Kier molecular flexibility index (Phi) is 4.86. The van der Waals surface area contributed by atoms with E-state index >= 15 is 0 Å². The third-order valence-corrected chi connectivity index (χ3v) is 6.68. The molecule has 1 heterocycles. The number of anilines is 1. The Labute approximate surface area is 203 Å². The first-order valence-corrected chi connectivity index (χ1v) is 11.5. The molecule has 1 atom stereocenters. The van der Waals surface area contributed by atoms with E-state index in [1.807, 2.05) is 89.9 Å². The fraction of sp³-hybridized carbons (Fsp3) is 0.0333. The minimum absolute atomic E-state index is 0.192. The molecule has 4 heteroatoms. The van der Waals surface area contributed by atoms with Crippen LogP contribution in [0.2, 0.25) is 5.02 Å². The lowest BCUT2D eigenvalue weighted by Crippen LogP contribution is -2.37. The van der Waals surface area contributed by atoms with E-state index in [9.17, 15) is 5.11 Å². The van der Waals surface area contributed by atoms with Gasteiger partial charge in [0.05, 0.1) is 11.4 Å². The Morgan fingerprint density at radius 2 is 1.32 bits per heavy atom. The van der Waals surface area contributed by atoms with Crippen LogP contribution in [-0.2, 0) is 5.41 Å². The van der Waals surface area contributed by atoms with Crippen LogP contribution in [-0.4, -0.2) is 10.8 Å². The number of hydrogen-bond donors (Lipinski definition) is 1. The number of rotatable bonds is 4. The van der Waals surface area contributed by atoms with Gasteiger partial charge in [-0.1, -0.05) is 109 Å². The smallest absolute Gasteiger partial charge is 0.139 e. The number of hydrogen-bond acceptors (Lipinski definition) is 3. The minimum Gasteiger partial charge on any atom is -0.506 e. The van der Waals surface area contributed by atoms with Crippen LogP contribution < -0.4 is 5.01 Å². The molecule has 0 spiro atoms. The molecule has 1 aliphatic heterocycles. The first-order chi connectivity index (χ1) is 16.7. The molecule has 0 saturated carbocycles. The van der Waals surface area contributed by atoms with E-state index in [4.69, 9.17) is 16.7 Å². The number of aliphatic hydroxyl groups excluding tert-OH is 1. The predicted octanol–water partition coefficient (Wildman–Crippen LogP) is 7.37. The van der Waals surface area contributed by atoms with E-state index in [1.165, 1.54) is 0 Å². The number of aliphatic hydroxyl groups is 1. The third-order valence-electron chi connectivity index (χ3n) is 6.44. The summed E-state index contributed by atoms with van der Waals surface area (Å²) in [5.41, 5.74) is 5.61. The normalized spacial score (nSPS) is 19.1. The molecule has 0 aromatic heterocycles. The second-order valence-corrected chi connectivity index (χ2v) is 8.82. The monoisotopic (exact) mass is 460 g/mol.